The summed E-state index contributed by atoms with van der Waals surface area (Å²) in [4.78, 5) is 23.8. The highest BCUT2D eigenvalue weighted by Crippen LogP contribution is 2.28. The number of ether oxygens (including phenoxy) is 2. The molecule has 24 heavy (non-hydrogen) atoms. The van der Waals surface area contributed by atoms with Gasteiger partial charge in [-0.3, -0.25) is 4.79 Å². The summed E-state index contributed by atoms with van der Waals surface area (Å²) >= 11 is 0. The number of carbonyl (C=O) groups excluding carboxylic acids is 2. The van der Waals surface area contributed by atoms with E-state index in [2.05, 4.69) is 10.6 Å². The fourth-order valence-electron chi connectivity index (χ4n) is 3.82. The van der Waals surface area contributed by atoms with Crippen molar-refractivity contribution in [2.24, 2.45) is 5.92 Å². The Kier molecular flexibility index (Phi) is 6.49. The second-order valence-electron chi connectivity index (χ2n) is 8.04. The summed E-state index contributed by atoms with van der Waals surface area (Å²) in [5, 5.41) is 6.67. The van der Waals surface area contributed by atoms with Crippen molar-refractivity contribution >= 4 is 12.1 Å². The largest absolute Gasteiger partial charge is 0.469 e. The van der Waals surface area contributed by atoms with Crippen molar-refractivity contribution in [2.75, 3.05) is 7.11 Å². The summed E-state index contributed by atoms with van der Waals surface area (Å²) in [6.07, 6.45) is 6.58. The Morgan fingerprint density at radius 1 is 1.00 bits per heavy atom. The molecule has 2 saturated carbocycles. The van der Waals surface area contributed by atoms with Gasteiger partial charge in [-0.25, -0.2) is 4.79 Å². The standard InChI is InChI=1S/C18H32N2O4/c1-18(2,3)24-17(22)20-15-10-6-9-14(15)19-13-8-5-7-12(11-13)16(21)23-4/h12-15,19H,5-11H2,1-4H3,(H,20,22). The first-order valence-electron chi connectivity index (χ1n) is 9.12. The number of hydrogen-bond donors (Lipinski definition) is 2. The first-order valence-corrected chi connectivity index (χ1v) is 9.12. The lowest BCUT2D eigenvalue weighted by atomic mass is 9.85. The quantitative estimate of drug-likeness (QED) is 0.770. The number of alkyl carbamates (subject to hydrolysis) is 1. The van der Waals surface area contributed by atoms with Gasteiger partial charge < -0.3 is 20.1 Å². The SMILES string of the molecule is COC(=O)C1CCCC(NC2CCCC2NC(=O)OC(C)(C)C)C1. The minimum absolute atomic E-state index is 0.0000758. The van der Waals surface area contributed by atoms with Crippen LogP contribution in [0.15, 0.2) is 0 Å². The van der Waals surface area contributed by atoms with Gasteiger partial charge in [-0.05, 0) is 59.3 Å². The molecule has 6 nitrogen and oxygen atoms in total. The molecule has 2 rings (SSSR count). The molecule has 0 bridgehead atoms. The highest BCUT2D eigenvalue weighted by Gasteiger charge is 2.34. The molecule has 0 aromatic heterocycles. The Hall–Kier alpha value is -1.30. The predicted molar refractivity (Wildman–Crippen MR) is 91.7 cm³/mol. The van der Waals surface area contributed by atoms with Crippen LogP contribution in [-0.4, -0.2) is 42.9 Å². The monoisotopic (exact) mass is 340 g/mol. The van der Waals surface area contributed by atoms with Gasteiger partial charge in [0.15, 0.2) is 0 Å². The van der Waals surface area contributed by atoms with E-state index in [1.54, 1.807) is 0 Å². The van der Waals surface area contributed by atoms with Gasteiger partial charge >= 0.3 is 12.1 Å². The Morgan fingerprint density at radius 3 is 2.33 bits per heavy atom. The first-order chi connectivity index (χ1) is 11.3. The van der Waals surface area contributed by atoms with Gasteiger partial charge in [0.25, 0.3) is 0 Å². The topological polar surface area (TPSA) is 76.7 Å². The molecule has 4 unspecified atom stereocenters. The maximum Gasteiger partial charge on any atom is 0.407 e. The average Bonchev–Trinajstić information content (AvgIpc) is 2.91. The van der Waals surface area contributed by atoms with E-state index in [-0.39, 0.29) is 30.1 Å². The van der Waals surface area contributed by atoms with E-state index in [9.17, 15) is 9.59 Å². The molecule has 0 aliphatic heterocycles. The molecular formula is C18H32N2O4. The lowest BCUT2D eigenvalue weighted by Crippen LogP contribution is -2.51. The van der Waals surface area contributed by atoms with Crippen molar-refractivity contribution in [3.63, 3.8) is 0 Å². The van der Waals surface area contributed by atoms with Gasteiger partial charge in [-0.1, -0.05) is 6.42 Å². The third kappa shape index (κ3) is 5.65. The molecule has 2 fully saturated rings. The summed E-state index contributed by atoms with van der Waals surface area (Å²) in [6, 6.07) is 0.658. The zero-order chi connectivity index (χ0) is 17.7. The molecule has 6 heteroatoms. The van der Waals surface area contributed by atoms with Crippen LogP contribution in [0.25, 0.3) is 0 Å². The lowest BCUT2D eigenvalue weighted by Gasteiger charge is -2.33. The number of methoxy groups -OCH3 is 1. The summed E-state index contributed by atoms with van der Waals surface area (Å²) < 4.78 is 10.2. The predicted octanol–water partition coefficient (Wildman–Crippen LogP) is 2.75. The highest BCUT2D eigenvalue weighted by molar-refractivity contribution is 5.72. The van der Waals surface area contributed by atoms with Gasteiger partial charge in [-0.15, -0.1) is 0 Å². The molecule has 2 aliphatic rings. The average molecular weight is 340 g/mol. The van der Waals surface area contributed by atoms with Crippen LogP contribution in [0.3, 0.4) is 0 Å². The van der Waals surface area contributed by atoms with Gasteiger partial charge in [0.1, 0.15) is 5.60 Å². The molecule has 138 valence electrons. The zero-order valence-electron chi connectivity index (χ0n) is 15.4. The molecular weight excluding hydrogens is 308 g/mol. The Labute approximate surface area is 145 Å². The fourth-order valence-corrected chi connectivity index (χ4v) is 3.82. The van der Waals surface area contributed by atoms with E-state index in [1.165, 1.54) is 7.11 Å². The molecule has 0 spiro atoms. The van der Waals surface area contributed by atoms with Gasteiger partial charge in [0.05, 0.1) is 13.0 Å². The summed E-state index contributed by atoms with van der Waals surface area (Å²) in [5.74, 6) is -0.101. The van der Waals surface area contributed by atoms with Crippen LogP contribution in [0.4, 0.5) is 4.79 Å². The van der Waals surface area contributed by atoms with Crippen LogP contribution < -0.4 is 10.6 Å². The molecule has 0 radical (unpaired) electrons. The molecule has 0 heterocycles. The molecule has 0 saturated heterocycles. The Bertz CT molecular complexity index is 447. The van der Waals surface area contributed by atoms with E-state index < -0.39 is 5.60 Å². The smallest absolute Gasteiger partial charge is 0.407 e. The first kappa shape index (κ1) is 19.0. The number of hydrogen-bond acceptors (Lipinski definition) is 5. The summed E-state index contributed by atoms with van der Waals surface area (Å²) in [5.41, 5.74) is -0.483. The van der Waals surface area contributed by atoms with Crippen molar-refractivity contribution in [1.82, 2.24) is 10.6 Å². The zero-order valence-corrected chi connectivity index (χ0v) is 15.4. The highest BCUT2D eigenvalue weighted by atomic mass is 16.6. The van der Waals surface area contributed by atoms with Gasteiger partial charge in [0.2, 0.25) is 0 Å². The van der Waals surface area contributed by atoms with Gasteiger partial charge in [-0.2, -0.15) is 0 Å². The van der Waals surface area contributed by atoms with Crippen LogP contribution in [0.5, 0.6) is 0 Å². The Balaban J connectivity index is 1.84. The molecule has 4 atom stereocenters. The van der Waals surface area contributed by atoms with Crippen molar-refractivity contribution < 1.29 is 19.1 Å². The van der Waals surface area contributed by atoms with Crippen molar-refractivity contribution in [1.29, 1.82) is 0 Å². The van der Waals surface area contributed by atoms with Crippen molar-refractivity contribution in [3.05, 3.63) is 0 Å². The number of amides is 1. The van der Waals surface area contributed by atoms with Crippen LogP contribution in [0.1, 0.15) is 65.7 Å². The fraction of sp³-hybridized carbons (Fsp3) is 0.889. The third-order valence-electron chi connectivity index (χ3n) is 4.88. The molecule has 2 N–H and O–H groups in total. The van der Waals surface area contributed by atoms with Crippen molar-refractivity contribution in [2.45, 2.75) is 89.4 Å². The second kappa shape index (κ2) is 8.19. The lowest BCUT2D eigenvalue weighted by molar-refractivity contribution is -0.146. The maximum absolute atomic E-state index is 12.0. The number of nitrogens with one attached hydrogen (secondary N) is 2. The number of esters is 1. The minimum Gasteiger partial charge on any atom is -0.469 e. The number of rotatable bonds is 4. The normalized spacial score (nSPS) is 30.7. The maximum atomic E-state index is 12.0. The van der Waals surface area contributed by atoms with Crippen LogP contribution in [0.2, 0.25) is 0 Å². The van der Waals surface area contributed by atoms with E-state index in [1.807, 2.05) is 20.8 Å². The summed E-state index contributed by atoms with van der Waals surface area (Å²) in [6.45, 7) is 5.60. The van der Waals surface area contributed by atoms with Gasteiger partial charge in [0, 0.05) is 18.1 Å². The molecule has 0 aromatic carbocycles. The second-order valence-corrected chi connectivity index (χ2v) is 8.04. The van der Waals surface area contributed by atoms with Crippen LogP contribution >= 0.6 is 0 Å². The van der Waals surface area contributed by atoms with E-state index in [0.29, 0.717) is 6.04 Å². The molecule has 1 amide bonds. The minimum atomic E-state index is -0.483. The van der Waals surface area contributed by atoms with Crippen molar-refractivity contribution in [3.8, 4) is 0 Å². The van der Waals surface area contributed by atoms with E-state index in [0.717, 1.165) is 44.9 Å². The number of carbonyl (C=O) groups is 2. The third-order valence-corrected chi connectivity index (χ3v) is 4.88. The van der Waals surface area contributed by atoms with Crippen LogP contribution in [0, 0.1) is 5.92 Å². The molecule has 2 aliphatic carbocycles. The van der Waals surface area contributed by atoms with E-state index in [4.69, 9.17) is 9.47 Å². The summed E-state index contributed by atoms with van der Waals surface area (Å²) in [7, 11) is 1.46. The van der Waals surface area contributed by atoms with E-state index >= 15 is 0 Å². The Morgan fingerprint density at radius 2 is 1.67 bits per heavy atom. The molecule has 0 aromatic rings. The van der Waals surface area contributed by atoms with Crippen LogP contribution in [-0.2, 0) is 14.3 Å².